The Bertz CT molecular complexity index is 1640. The maximum atomic E-state index is 14.5. The third-order valence-corrected chi connectivity index (χ3v) is 7.83. The van der Waals surface area contributed by atoms with Crippen LogP contribution in [0.3, 0.4) is 0 Å². The molecule has 2 heterocycles. The van der Waals surface area contributed by atoms with Gasteiger partial charge in [-0.15, -0.1) is 0 Å². The Balaban J connectivity index is 1.67. The second-order valence-electron chi connectivity index (χ2n) is 9.83. The number of anilines is 1. The highest BCUT2D eigenvalue weighted by Gasteiger charge is 2.54. The Hall–Kier alpha value is -5.19. The zero-order valence-electron chi connectivity index (χ0n) is 21.2. The van der Waals surface area contributed by atoms with Crippen LogP contribution in [0.25, 0.3) is 11.6 Å². The van der Waals surface area contributed by atoms with Crippen LogP contribution in [0.5, 0.6) is 0 Å². The summed E-state index contributed by atoms with van der Waals surface area (Å²) < 4.78 is 0. The molecule has 39 heavy (non-hydrogen) atoms. The number of fused-ring (bicyclic) bond motifs is 3. The average molecular weight is 504 g/mol. The lowest BCUT2D eigenvalue weighted by Gasteiger charge is -2.36. The topological polar surface area (TPSA) is 67.9 Å². The first-order valence-corrected chi connectivity index (χ1v) is 13.0. The molecular weight excluding hydrogens is 478 g/mol. The fourth-order valence-electron chi connectivity index (χ4n) is 6.27. The van der Waals surface area contributed by atoms with Crippen molar-refractivity contribution >= 4 is 23.1 Å². The number of rotatable bonds is 5. The van der Waals surface area contributed by atoms with Gasteiger partial charge in [0.1, 0.15) is 23.8 Å². The number of ketones is 1. The van der Waals surface area contributed by atoms with Gasteiger partial charge in [0, 0.05) is 23.1 Å². The smallest absolute Gasteiger partial charge is 0.185 e. The van der Waals surface area contributed by atoms with E-state index in [1.807, 2.05) is 91.0 Å². The number of carbonyl (C=O) groups excluding carboxylic acids is 1. The standard InChI is InChI=1S/C35H25N3O/c36-22-28(23-37)31(25-13-4-1-5-14-25)33-30-21-20-24-12-10-11-19-29(24)38(30)34(32(33)26-15-6-2-7-16-26)35(39)27-17-8-3-9-18-27/h1-21,30,32-34H/t30-,32+,33-,34+/m0/s1. The molecule has 4 nitrogen and oxygen atoms in total. The summed E-state index contributed by atoms with van der Waals surface area (Å²) in [6.45, 7) is 0. The molecule has 186 valence electrons. The largest absolute Gasteiger partial charge is 0.353 e. The summed E-state index contributed by atoms with van der Waals surface area (Å²) in [5.41, 5.74) is 5.23. The van der Waals surface area contributed by atoms with Crippen LogP contribution in [-0.2, 0) is 0 Å². The van der Waals surface area contributed by atoms with Gasteiger partial charge in [-0.1, -0.05) is 121 Å². The van der Waals surface area contributed by atoms with Crippen LogP contribution >= 0.6 is 0 Å². The number of allylic oxidation sites excluding steroid dienone is 1. The number of para-hydroxylation sites is 1. The highest BCUT2D eigenvalue weighted by atomic mass is 16.1. The normalized spacial score (nSPS) is 20.7. The lowest BCUT2D eigenvalue weighted by Crippen LogP contribution is -2.43. The molecule has 4 atom stereocenters. The highest BCUT2D eigenvalue weighted by molar-refractivity contribution is 6.04. The summed E-state index contributed by atoms with van der Waals surface area (Å²) in [5, 5.41) is 20.3. The van der Waals surface area contributed by atoms with Gasteiger partial charge < -0.3 is 4.90 Å². The molecule has 2 aliphatic heterocycles. The summed E-state index contributed by atoms with van der Waals surface area (Å²) in [6.07, 6.45) is 4.23. The second kappa shape index (κ2) is 10.3. The molecule has 0 radical (unpaired) electrons. The Morgan fingerprint density at radius 1 is 0.692 bits per heavy atom. The fraction of sp³-hybridized carbons (Fsp3) is 0.114. The van der Waals surface area contributed by atoms with Crippen LogP contribution < -0.4 is 4.90 Å². The first-order valence-electron chi connectivity index (χ1n) is 13.0. The van der Waals surface area contributed by atoms with Gasteiger partial charge >= 0.3 is 0 Å². The predicted molar refractivity (Wildman–Crippen MR) is 154 cm³/mol. The Morgan fingerprint density at radius 2 is 1.26 bits per heavy atom. The van der Waals surface area contributed by atoms with E-state index in [0.29, 0.717) is 11.1 Å². The van der Waals surface area contributed by atoms with Crippen LogP contribution in [-0.4, -0.2) is 17.9 Å². The van der Waals surface area contributed by atoms with Crippen LogP contribution in [0.15, 0.2) is 127 Å². The molecule has 2 aliphatic rings. The Labute approximate surface area is 228 Å². The van der Waals surface area contributed by atoms with Gasteiger partial charge in [-0.25, -0.2) is 0 Å². The van der Waals surface area contributed by atoms with Crippen LogP contribution in [0.4, 0.5) is 5.69 Å². The van der Waals surface area contributed by atoms with Gasteiger partial charge in [0.25, 0.3) is 0 Å². The van der Waals surface area contributed by atoms with Gasteiger partial charge in [0.2, 0.25) is 0 Å². The molecule has 4 aromatic rings. The van der Waals surface area contributed by atoms with Gasteiger partial charge in [-0.3, -0.25) is 4.79 Å². The number of hydrogen-bond acceptors (Lipinski definition) is 4. The average Bonchev–Trinajstić information content (AvgIpc) is 3.36. The minimum atomic E-state index is -0.548. The van der Waals surface area contributed by atoms with E-state index < -0.39 is 6.04 Å². The maximum Gasteiger partial charge on any atom is 0.185 e. The number of nitriles is 2. The molecule has 4 aromatic carbocycles. The molecular formula is C35H25N3O. The Kier molecular flexibility index (Phi) is 6.37. The monoisotopic (exact) mass is 503 g/mol. The highest BCUT2D eigenvalue weighted by Crippen LogP contribution is 2.54. The minimum Gasteiger partial charge on any atom is -0.353 e. The summed E-state index contributed by atoms with van der Waals surface area (Å²) in [4.78, 5) is 16.7. The molecule has 0 unspecified atom stereocenters. The number of carbonyl (C=O) groups is 1. The molecule has 0 amide bonds. The Morgan fingerprint density at radius 3 is 1.90 bits per heavy atom. The number of benzene rings is 4. The van der Waals surface area contributed by atoms with Crippen molar-refractivity contribution < 1.29 is 4.79 Å². The molecule has 0 N–H and O–H groups in total. The predicted octanol–water partition coefficient (Wildman–Crippen LogP) is 7.05. The van der Waals surface area contributed by atoms with Crippen molar-refractivity contribution in [3.8, 4) is 12.1 Å². The number of Topliss-reactive ketones (excluding diaryl/α,β-unsaturated/α-hetero) is 1. The van der Waals surface area contributed by atoms with Crippen LogP contribution in [0, 0.1) is 28.6 Å². The van der Waals surface area contributed by atoms with Crippen molar-refractivity contribution in [1.29, 1.82) is 10.5 Å². The fourth-order valence-corrected chi connectivity index (χ4v) is 6.27. The van der Waals surface area contributed by atoms with E-state index in [1.165, 1.54) is 0 Å². The van der Waals surface area contributed by atoms with Crippen molar-refractivity contribution in [3.63, 3.8) is 0 Å². The van der Waals surface area contributed by atoms with E-state index in [0.717, 1.165) is 22.4 Å². The van der Waals surface area contributed by atoms with Gasteiger partial charge in [-0.2, -0.15) is 10.5 Å². The van der Waals surface area contributed by atoms with Crippen molar-refractivity contribution in [2.75, 3.05) is 4.90 Å². The van der Waals surface area contributed by atoms with E-state index in [-0.39, 0.29) is 29.2 Å². The molecule has 1 saturated heterocycles. The number of nitrogens with zero attached hydrogens (tertiary/aromatic N) is 3. The number of hydrogen-bond donors (Lipinski definition) is 0. The zero-order valence-corrected chi connectivity index (χ0v) is 21.2. The van der Waals surface area contributed by atoms with E-state index in [4.69, 9.17) is 0 Å². The van der Waals surface area contributed by atoms with Crippen molar-refractivity contribution in [3.05, 3.63) is 149 Å². The van der Waals surface area contributed by atoms with Crippen LogP contribution in [0.1, 0.15) is 33.0 Å². The molecule has 4 heteroatoms. The van der Waals surface area contributed by atoms with Crippen molar-refractivity contribution in [2.45, 2.75) is 18.0 Å². The molecule has 0 saturated carbocycles. The van der Waals surface area contributed by atoms with Crippen LogP contribution in [0.2, 0.25) is 0 Å². The zero-order chi connectivity index (χ0) is 26.8. The van der Waals surface area contributed by atoms with E-state index in [2.05, 4.69) is 53.5 Å². The summed E-state index contributed by atoms with van der Waals surface area (Å²) in [7, 11) is 0. The third kappa shape index (κ3) is 4.13. The molecule has 0 aromatic heterocycles. The quantitative estimate of drug-likeness (QED) is 0.216. The third-order valence-electron chi connectivity index (χ3n) is 7.83. The first-order chi connectivity index (χ1) is 19.2. The first kappa shape index (κ1) is 24.2. The minimum absolute atomic E-state index is 0.0185. The molecule has 0 spiro atoms. The van der Waals surface area contributed by atoms with E-state index in [1.54, 1.807) is 0 Å². The van der Waals surface area contributed by atoms with E-state index in [9.17, 15) is 15.3 Å². The van der Waals surface area contributed by atoms with Gasteiger partial charge in [-0.05, 0) is 28.3 Å². The molecule has 1 fully saturated rings. The molecule has 0 aliphatic carbocycles. The molecule has 6 rings (SSSR count). The summed E-state index contributed by atoms with van der Waals surface area (Å²) >= 11 is 0. The van der Waals surface area contributed by atoms with Gasteiger partial charge in [0.05, 0.1) is 6.04 Å². The van der Waals surface area contributed by atoms with E-state index >= 15 is 0 Å². The van der Waals surface area contributed by atoms with Crippen molar-refractivity contribution in [1.82, 2.24) is 0 Å². The van der Waals surface area contributed by atoms with Crippen molar-refractivity contribution in [2.24, 2.45) is 5.92 Å². The lowest BCUT2D eigenvalue weighted by atomic mass is 9.73. The van der Waals surface area contributed by atoms with Gasteiger partial charge in [0.15, 0.2) is 5.78 Å². The SMILES string of the molecule is N#CC(C#N)=C(c1ccccc1)[C@H]1[C@@H](c2ccccc2)[C@H](C(=O)c2ccccc2)N2c3ccccc3C=C[C@@H]12. The second-order valence-corrected chi connectivity index (χ2v) is 9.83. The lowest BCUT2D eigenvalue weighted by molar-refractivity contribution is 0.0953. The maximum absolute atomic E-state index is 14.5. The molecule has 0 bridgehead atoms. The summed E-state index contributed by atoms with van der Waals surface area (Å²) in [6, 6.07) is 40.8. The summed E-state index contributed by atoms with van der Waals surface area (Å²) in [5.74, 6) is -0.622.